The molecule has 2 N–H and O–H groups in total. The number of benzene rings is 2. The number of nitrogens with one attached hydrogen (secondary N) is 1. The van der Waals surface area contributed by atoms with E-state index in [0.717, 1.165) is 46.3 Å². The third-order valence-corrected chi connectivity index (χ3v) is 5.74. The predicted octanol–water partition coefficient (Wildman–Crippen LogP) is 3.98. The fourth-order valence-corrected chi connectivity index (χ4v) is 3.88. The Balaban J connectivity index is 1.60. The number of aromatic amines is 1. The van der Waals surface area contributed by atoms with Crippen LogP contribution < -0.4 is 0 Å². The van der Waals surface area contributed by atoms with Gasteiger partial charge in [-0.2, -0.15) is 0 Å². The van der Waals surface area contributed by atoms with Gasteiger partial charge in [-0.05, 0) is 45.4 Å². The number of aromatic nitrogens is 1. The van der Waals surface area contributed by atoms with E-state index in [9.17, 15) is 5.11 Å². The van der Waals surface area contributed by atoms with Crippen LogP contribution in [0.4, 0.5) is 5.69 Å². The molecular weight excluding hydrogens is 458 g/mol. The molecule has 0 saturated carbocycles. The number of hydrogen-bond donors (Lipinski definition) is 2. The van der Waals surface area contributed by atoms with E-state index < -0.39 is 0 Å². The normalized spacial score (nSPS) is 14.6. The summed E-state index contributed by atoms with van der Waals surface area (Å²) in [5.74, 6) is 0.0655. The Morgan fingerprint density at radius 2 is 1.90 bits per heavy atom. The number of likely N-dealkylation sites (N-methyl/N-ethyl adjacent to an activating group) is 2. The smallest absolute Gasteiger partial charge is 0.199 e. The lowest BCUT2D eigenvalue weighted by molar-refractivity contribution is 0.117. The molecule has 0 bridgehead atoms. The highest BCUT2D eigenvalue weighted by molar-refractivity contribution is 9.10. The Bertz CT molecular complexity index is 1150. The number of aromatic hydroxyl groups is 1. The summed E-state index contributed by atoms with van der Waals surface area (Å²) in [4.78, 5) is 17.9. The number of H-pyrrole nitrogens is 1. The second-order valence-corrected chi connectivity index (χ2v) is 8.81. The van der Waals surface area contributed by atoms with Crippen LogP contribution in [-0.4, -0.2) is 78.7 Å². The second kappa shape index (κ2) is 9.21. The van der Waals surface area contributed by atoms with Gasteiger partial charge in [0, 0.05) is 40.6 Å². The highest BCUT2D eigenvalue weighted by Gasteiger charge is 2.29. The Labute approximate surface area is 190 Å². The molecule has 31 heavy (non-hydrogen) atoms. The zero-order chi connectivity index (χ0) is 22.0. The van der Waals surface area contributed by atoms with Crippen LogP contribution in [0.15, 0.2) is 57.1 Å². The Kier molecular flexibility index (Phi) is 6.41. The minimum Gasteiger partial charge on any atom is -0.494 e. The molecule has 0 atom stereocenters. The molecule has 2 heterocycles. The van der Waals surface area contributed by atoms with Crippen molar-refractivity contribution in [3.05, 3.63) is 58.1 Å². The quantitative estimate of drug-likeness (QED) is 0.375. The van der Waals surface area contributed by atoms with Gasteiger partial charge in [0.15, 0.2) is 5.88 Å². The van der Waals surface area contributed by atoms with Gasteiger partial charge < -0.3 is 24.7 Å². The van der Waals surface area contributed by atoms with E-state index in [0.29, 0.717) is 23.6 Å². The van der Waals surface area contributed by atoms with Crippen LogP contribution in [0.1, 0.15) is 11.1 Å². The zero-order valence-corrected chi connectivity index (χ0v) is 19.5. The summed E-state index contributed by atoms with van der Waals surface area (Å²) in [6, 6.07) is 13.6. The first kappa shape index (κ1) is 21.5. The second-order valence-electron chi connectivity index (χ2n) is 7.90. The lowest BCUT2D eigenvalue weighted by Gasteiger charge is -2.18. The molecule has 0 aliphatic carbocycles. The summed E-state index contributed by atoms with van der Waals surface area (Å²) in [7, 11) is 6.19. The van der Waals surface area contributed by atoms with Crippen LogP contribution in [0.3, 0.4) is 0 Å². The topological polar surface area (TPSA) is 76.5 Å². The first-order valence-electron chi connectivity index (χ1n) is 10.2. The van der Waals surface area contributed by atoms with E-state index in [1.54, 1.807) is 0 Å². The van der Waals surface area contributed by atoms with Gasteiger partial charge in [-0.1, -0.05) is 39.3 Å². The number of aliphatic imine (C=N–C) groups is 1. The van der Waals surface area contributed by atoms with Crippen LogP contribution in [0, 0.1) is 0 Å². The van der Waals surface area contributed by atoms with Crippen LogP contribution in [0.25, 0.3) is 10.9 Å². The number of para-hydroxylation sites is 1. The summed E-state index contributed by atoms with van der Waals surface area (Å²) < 4.78 is 0.923. The van der Waals surface area contributed by atoms with E-state index in [-0.39, 0.29) is 5.88 Å². The van der Waals surface area contributed by atoms with Crippen molar-refractivity contribution in [1.82, 2.24) is 14.8 Å². The van der Waals surface area contributed by atoms with Crippen LogP contribution in [0.2, 0.25) is 0 Å². The van der Waals surface area contributed by atoms with Crippen molar-refractivity contribution in [3.63, 3.8) is 0 Å². The van der Waals surface area contributed by atoms with E-state index in [1.165, 1.54) is 0 Å². The van der Waals surface area contributed by atoms with E-state index in [2.05, 4.69) is 57.0 Å². The van der Waals surface area contributed by atoms with Gasteiger partial charge >= 0.3 is 0 Å². The monoisotopic (exact) mass is 483 g/mol. The SMILES string of the molecule is CN(C)CCN(C)CCON=C1C(c2c(O)[nH]c3ccc(Br)cc23)=Nc2ccccc21. The highest BCUT2D eigenvalue weighted by atomic mass is 79.9. The van der Waals surface area contributed by atoms with E-state index in [1.807, 2.05) is 42.5 Å². The Hall–Kier alpha value is -2.68. The van der Waals surface area contributed by atoms with Gasteiger partial charge in [0.25, 0.3) is 0 Å². The third kappa shape index (κ3) is 4.66. The Morgan fingerprint density at radius 3 is 2.71 bits per heavy atom. The highest BCUT2D eigenvalue weighted by Crippen LogP contribution is 2.36. The van der Waals surface area contributed by atoms with Gasteiger partial charge in [0.05, 0.1) is 11.3 Å². The largest absolute Gasteiger partial charge is 0.494 e. The molecule has 1 aromatic heterocycles. The van der Waals surface area contributed by atoms with Gasteiger partial charge in [-0.3, -0.25) is 0 Å². The van der Waals surface area contributed by atoms with Gasteiger partial charge in [0.2, 0.25) is 0 Å². The molecule has 0 fully saturated rings. The number of nitrogens with zero attached hydrogens (tertiary/aromatic N) is 4. The lowest BCUT2D eigenvalue weighted by Crippen LogP contribution is -2.30. The van der Waals surface area contributed by atoms with Crippen LogP contribution >= 0.6 is 15.9 Å². The van der Waals surface area contributed by atoms with Crippen molar-refractivity contribution in [1.29, 1.82) is 0 Å². The standard InChI is InChI=1S/C23H26BrN5O2/c1-28(2)10-11-29(3)12-13-31-27-21-16-6-4-5-7-18(16)25-22(21)20-17-14-15(24)8-9-19(17)26-23(20)30/h4-9,14,26,30H,10-13H2,1-3H3. The maximum Gasteiger partial charge on any atom is 0.199 e. The van der Waals surface area contributed by atoms with Gasteiger partial charge in [-0.15, -0.1) is 0 Å². The number of halogens is 1. The number of fused-ring (bicyclic) bond motifs is 2. The minimum absolute atomic E-state index is 0.0655. The average molecular weight is 484 g/mol. The first-order valence-corrected chi connectivity index (χ1v) is 11.0. The summed E-state index contributed by atoms with van der Waals surface area (Å²) in [5, 5.41) is 16.0. The number of rotatable bonds is 8. The molecule has 0 radical (unpaired) electrons. The summed E-state index contributed by atoms with van der Waals surface area (Å²) in [5.41, 5.74) is 4.38. The molecule has 0 unspecified atom stereocenters. The fraction of sp³-hybridized carbons (Fsp3) is 0.304. The maximum atomic E-state index is 10.7. The zero-order valence-electron chi connectivity index (χ0n) is 17.9. The predicted molar refractivity (Wildman–Crippen MR) is 129 cm³/mol. The third-order valence-electron chi connectivity index (χ3n) is 5.24. The van der Waals surface area contributed by atoms with Crippen molar-refractivity contribution in [3.8, 4) is 5.88 Å². The van der Waals surface area contributed by atoms with Crippen molar-refractivity contribution in [2.75, 3.05) is 47.4 Å². The summed E-state index contributed by atoms with van der Waals surface area (Å²) >= 11 is 3.52. The Morgan fingerprint density at radius 1 is 1.10 bits per heavy atom. The number of hydrogen-bond acceptors (Lipinski definition) is 6. The molecule has 7 nitrogen and oxygen atoms in total. The molecule has 0 spiro atoms. The molecule has 4 rings (SSSR count). The van der Waals surface area contributed by atoms with Crippen molar-refractivity contribution in [2.24, 2.45) is 10.1 Å². The molecule has 162 valence electrons. The van der Waals surface area contributed by atoms with Crippen molar-refractivity contribution >= 4 is 43.9 Å². The van der Waals surface area contributed by atoms with E-state index in [4.69, 9.17) is 9.83 Å². The summed E-state index contributed by atoms with van der Waals surface area (Å²) in [6.07, 6.45) is 0. The molecule has 0 saturated heterocycles. The van der Waals surface area contributed by atoms with Gasteiger partial charge in [0.1, 0.15) is 18.0 Å². The molecule has 2 aromatic carbocycles. The summed E-state index contributed by atoms with van der Waals surface area (Å²) in [6.45, 7) is 3.18. The van der Waals surface area contributed by atoms with E-state index >= 15 is 0 Å². The molecule has 1 aliphatic rings. The molecule has 8 heteroatoms. The number of oxime groups is 1. The minimum atomic E-state index is 0.0655. The first-order chi connectivity index (χ1) is 14.9. The lowest BCUT2D eigenvalue weighted by atomic mass is 10.0. The average Bonchev–Trinajstić information content (AvgIpc) is 3.25. The maximum absolute atomic E-state index is 10.7. The van der Waals surface area contributed by atoms with Crippen LogP contribution in [0.5, 0.6) is 5.88 Å². The molecule has 0 amide bonds. The van der Waals surface area contributed by atoms with Gasteiger partial charge in [-0.25, -0.2) is 4.99 Å². The van der Waals surface area contributed by atoms with Crippen molar-refractivity contribution < 1.29 is 9.94 Å². The molecule has 3 aromatic rings. The van der Waals surface area contributed by atoms with Crippen LogP contribution in [-0.2, 0) is 4.84 Å². The van der Waals surface area contributed by atoms with Crippen molar-refractivity contribution in [2.45, 2.75) is 0 Å². The molecule has 1 aliphatic heterocycles. The molecular formula is C23H26BrN5O2. The fourth-order valence-electron chi connectivity index (χ4n) is 3.52.